The molecule has 0 aliphatic heterocycles. The van der Waals surface area contributed by atoms with Gasteiger partial charge in [0, 0.05) is 18.5 Å². The summed E-state index contributed by atoms with van der Waals surface area (Å²) in [6.07, 6.45) is 2.02. The average Bonchev–Trinajstić information content (AvgIpc) is 3.37. The van der Waals surface area contributed by atoms with Gasteiger partial charge in [0.1, 0.15) is 5.82 Å². The van der Waals surface area contributed by atoms with Crippen molar-refractivity contribution < 1.29 is 13.9 Å². The molecule has 1 atom stereocenters. The van der Waals surface area contributed by atoms with E-state index in [-0.39, 0.29) is 47.1 Å². The summed E-state index contributed by atoms with van der Waals surface area (Å²) in [6.45, 7) is 5.56. The average molecular weight is 463 g/mol. The highest BCUT2D eigenvalue weighted by Gasteiger charge is 2.44. The van der Waals surface area contributed by atoms with Crippen molar-refractivity contribution in [2.24, 2.45) is 10.9 Å². The minimum absolute atomic E-state index is 0. The maximum atomic E-state index is 13.5. The Balaban J connectivity index is 0.00000312. The fourth-order valence-corrected chi connectivity index (χ4v) is 2.61. The quantitative estimate of drug-likeness (QED) is 0.283. The molecule has 1 aromatic carbocycles. The summed E-state index contributed by atoms with van der Waals surface area (Å²) < 4.78 is 18.2. The van der Waals surface area contributed by atoms with Crippen LogP contribution in [0.4, 0.5) is 4.39 Å². The molecule has 1 aliphatic carbocycles. The van der Waals surface area contributed by atoms with Gasteiger partial charge in [0.15, 0.2) is 5.96 Å². The van der Waals surface area contributed by atoms with Crippen molar-refractivity contribution in [1.29, 1.82) is 0 Å². The zero-order chi connectivity index (χ0) is 17.6. The third kappa shape index (κ3) is 6.13. The molecule has 25 heavy (non-hydrogen) atoms. The minimum Gasteiger partial charge on any atom is -0.469 e. The number of nitrogens with zero attached hydrogens (tertiary/aromatic N) is 1. The van der Waals surface area contributed by atoms with Crippen molar-refractivity contribution in [1.82, 2.24) is 10.6 Å². The van der Waals surface area contributed by atoms with Gasteiger partial charge in [-0.1, -0.05) is 19.1 Å². The number of esters is 1. The summed E-state index contributed by atoms with van der Waals surface area (Å²) in [4.78, 5) is 16.1. The molecule has 1 aromatic rings. The number of guanidine groups is 1. The first-order valence-corrected chi connectivity index (χ1v) is 8.37. The molecule has 7 heteroatoms. The molecule has 140 valence electrons. The summed E-state index contributed by atoms with van der Waals surface area (Å²) in [5, 5.41) is 6.33. The first-order valence-electron chi connectivity index (χ1n) is 8.37. The number of nitrogens with one attached hydrogen (secondary N) is 2. The zero-order valence-electron chi connectivity index (χ0n) is 15.0. The fraction of sp³-hybridized carbons (Fsp3) is 0.556. The van der Waals surface area contributed by atoms with Crippen LogP contribution in [-0.4, -0.2) is 38.7 Å². The van der Waals surface area contributed by atoms with E-state index in [1.54, 1.807) is 19.1 Å². The van der Waals surface area contributed by atoms with E-state index >= 15 is 0 Å². The molecule has 1 unspecified atom stereocenters. The predicted molar refractivity (Wildman–Crippen MR) is 108 cm³/mol. The SMILES string of the molecule is CCNC(=NCC1(c2cccc(F)c2)CC1)NCC(C)C(=O)OC.I. The van der Waals surface area contributed by atoms with Crippen LogP contribution in [0.15, 0.2) is 29.3 Å². The predicted octanol–water partition coefficient (Wildman–Crippen LogP) is 2.84. The summed E-state index contributed by atoms with van der Waals surface area (Å²) >= 11 is 0. The molecule has 0 spiro atoms. The van der Waals surface area contributed by atoms with Crippen LogP contribution in [0.3, 0.4) is 0 Å². The Morgan fingerprint density at radius 3 is 2.68 bits per heavy atom. The number of benzene rings is 1. The molecular weight excluding hydrogens is 436 g/mol. The van der Waals surface area contributed by atoms with E-state index < -0.39 is 0 Å². The molecular formula is C18H27FIN3O2. The van der Waals surface area contributed by atoms with Crippen molar-refractivity contribution in [2.75, 3.05) is 26.7 Å². The van der Waals surface area contributed by atoms with Crippen molar-refractivity contribution in [3.8, 4) is 0 Å². The number of carbonyl (C=O) groups is 1. The lowest BCUT2D eigenvalue weighted by Gasteiger charge is -2.17. The van der Waals surface area contributed by atoms with E-state index in [0.29, 0.717) is 19.0 Å². The summed E-state index contributed by atoms with van der Waals surface area (Å²) in [6, 6.07) is 6.77. The van der Waals surface area contributed by atoms with E-state index in [2.05, 4.69) is 15.6 Å². The van der Waals surface area contributed by atoms with Crippen molar-refractivity contribution in [3.63, 3.8) is 0 Å². The van der Waals surface area contributed by atoms with Crippen LogP contribution in [0, 0.1) is 11.7 Å². The first kappa shape index (κ1) is 21.7. The molecule has 1 fully saturated rings. The van der Waals surface area contributed by atoms with Gasteiger partial charge < -0.3 is 15.4 Å². The van der Waals surface area contributed by atoms with Gasteiger partial charge in [-0.25, -0.2) is 4.39 Å². The van der Waals surface area contributed by atoms with Crippen molar-refractivity contribution in [3.05, 3.63) is 35.6 Å². The molecule has 1 saturated carbocycles. The van der Waals surface area contributed by atoms with Gasteiger partial charge in [0.05, 0.1) is 19.6 Å². The molecule has 2 rings (SSSR count). The van der Waals surface area contributed by atoms with Gasteiger partial charge in [0.25, 0.3) is 0 Å². The van der Waals surface area contributed by atoms with Crippen LogP contribution < -0.4 is 10.6 Å². The standard InChI is InChI=1S/C18H26FN3O2.HI/c1-4-20-17(21-11-13(2)16(23)24-3)22-12-18(8-9-18)14-6-5-7-15(19)10-14;/h5-7,10,13H,4,8-9,11-12H2,1-3H3,(H2,20,21,22);1H. The van der Waals surface area contributed by atoms with E-state index in [1.165, 1.54) is 13.2 Å². The Morgan fingerprint density at radius 1 is 1.40 bits per heavy atom. The van der Waals surface area contributed by atoms with Crippen LogP contribution >= 0.6 is 24.0 Å². The lowest BCUT2D eigenvalue weighted by atomic mass is 9.96. The number of aliphatic imine (C=N–C) groups is 1. The molecule has 0 bridgehead atoms. The monoisotopic (exact) mass is 463 g/mol. The maximum Gasteiger partial charge on any atom is 0.310 e. The Hall–Kier alpha value is -1.38. The third-order valence-electron chi connectivity index (χ3n) is 4.35. The van der Waals surface area contributed by atoms with Crippen LogP contribution in [0.25, 0.3) is 0 Å². The molecule has 0 aromatic heterocycles. The van der Waals surface area contributed by atoms with Crippen LogP contribution in [-0.2, 0) is 14.9 Å². The number of halogens is 2. The van der Waals surface area contributed by atoms with Gasteiger partial charge in [-0.15, -0.1) is 24.0 Å². The van der Waals surface area contributed by atoms with Gasteiger partial charge in [0.2, 0.25) is 0 Å². The smallest absolute Gasteiger partial charge is 0.310 e. The first-order chi connectivity index (χ1) is 11.5. The summed E-state index contributed by atoms with van der Waals surface area (Å²) in [5.74, 6) is -0.0515. The number of methoxy groups -OCH3 is 1. The van der Waals surface area contributed by atoms with Crippen LogP contribution in [0.1, 0.15) is 32.3 Å². The normalized spacial score (nSPS) is 16.4. The Bertz CT molecular complexity index is 606. The van der Waals surface area contributed by atoms with Crippen molar-refractivity contribution in [2.45, 2.75) is 32.1 Å². The van der Waals surface area contributed by atoms with Gasteiger partial charge in [-0.3, -0.25) is 9.79 Å². The second-order valence-electron chi connectivity index (χ2n) is 6.29. The second kappa shape index (κ2) is 9.94. The summed E-state index contributed by atoms with van der Waals surface area (Å²) in [5.41, 5.74) is 0.948. The topological polar surface area (TPSA) is 62.7 Å². The highest BCUT2D eigenvalue weighted by molar-refractivity contribution is 14.0. The van der Waals surface area contributed by atoms with Gasteiger partial charge in [-0.05, 0) is 37.5 Å². The zero-order valence-corrected chi connectivity index (χ0v) is 17.3. The lowest BCUT2D eigenvalue weighted by molar-refractivity contribution is -0.144. The molecule has 0 radical (unpaired) electrons. The maximum absolute atomic E-state index is 13.5. The minimum atomic E-state index is -0.253. The lowest BCUT2D eigenvalue weighted by Crippen LogP contribution is -2.41. The Labute approximate surface area is 165 Å². The number of hydrogen-bond donors (Lipinski definition) is 2. The molecule has 2 N–H and O–H groups in total. The van der Waals surface area contributed by atoms with Gasteiger partial charge >= 0.3 is 5.97 Å². The highest BCUT2D eigenvalue weighted by atomic mass is 127. The number of ether oxygens (including phenoxy) is 1. The molecule has 0 saturated heterocycles. The molecule has 5 nitrogen and oxygen atoms in total. The Kier molecular flexibility index (Phi) is 8.61. The van der Waals surface area contributed by atoms with E-state index in [4.69, 9.17) is 4.74 Å². The number of carbonyl (C=O) groups excluding carboxylic acids is 1. The Morgan fingerprint density at radius 2 is 2.12 bits per heavy atom. The third-order valence-corrected chi connectivity index (χ3v) is 4.35. The molecule has 1 aliphatic rings. The van der Waals surface area contributed by atoms with Crippen molar-refractivity contribution >= 4 is 35.9 Å². The van der Waals surface area contributed by atoms with E-state index in [0.717, 1.165) is 24.9 Å². The van der Waals surface area contributed by atoms with E-state index in [1.807, 2.05) is 13.0 Å². The largest absolute Gasteiger partial charge is 0.469 e. The molecule has 0 heterocycles. The fourth-order valence-electron chi connectivity index (χ4n) is 2.61. The van der Waals surface area contributed by atoms with E-state index in [9.17, 15) is 9.18 Å². The number of rotatable bonds is 7. The van der Waals surface area contributed by atoms with Gasteiger partial charge in [-0.2, -0.15) is 0 Å². The number of hydrogen-bond acceptors (Lipinski definition) is 3. The second-order valence-corrected chi connectivity index (χ2v) is 6.29. The van der Waals surface area contributed by atoms with Crippen LogP contribution in [0.2, 0.25) is 0 Å². The molecule has 0 amide bonds. The summed E-state index contributed by atoms with van der Waals surface area (Å²) in [7, 11) is 1.38. The van der Waals surface area contributed by atoms with Crippen LogP contribution in [0.5, 0.6) is 0 Å². The highest BCUT2D eigenvalue weighted by Crippen LogP contribution is 2.48.